The number of rotatable bonds is 0. The maximum atomic E-state index is 5.10. The third-order valence-electron chi connectivity index (χ3n) is 0.667. The van der Waals surface area contributed by atoms with E-state index in [4.69, 9.17) is 16.5 Å². The Morgan fingerprint density at radius 2 is 0.800 bits per heavy atom. The summed E-state index contributed by atoms with van der Waals surface area (Å²) in [5.41, 5.74) is 0. The summed E-state index contributed by atoms with van der Waals surface area (Å²) in [5.74, 6) is 0. The van der Waals surface area contributed by atoms with Gasteiger partial charge in [-0.3, -0.25) is 0 Å². The molecule has 1 fully saturated rings. The second kappa shape index (κ2) is 10.3. The Balaban J connectivity index is 0. The van der Waals surface area contributed by atoms with E-state index in [1.165, 1.54) is 0 Å². The van der Waals surface area contributed by atoms with Gasteiger partial charge in [-0.25, -0.2) is 0 Å². The van der Waals surface area contributed by atoms with Crippen LogP contribution in [0.3, 0.4) is 0 Å². The van der Waals surface area contributed by atoms with E-state index < -0.39 is 40.0 Å². The van der Waals surface area contributed by atoms with E-state index in [-0.39, 0.29) is 24.3 Å². The Hall–Kier alpha value is 1.26. The molecule has 0 unspecified atom stereocenters. The van der Waals surface area contributed by atoms with Gasteiger partial charge in [-0.15, -0.1) is 0 Å². The molecule has 1 rings (SSSR count). The first-order valence-corrected chi connectivity index (χ1v) is 6.93. The van der Waals surface area contributed by atoms with E-state index in [1.54, 1.807) is 0 Å². The molecule has 1 N–H and O–H groups in total. The van der Waals surface area contributed by atoms with Crippen LogP contribution in [0.5, 0.6) is 0 Å². The van der Waals surface area contributed by atoms with Crippen molar-refractivity contribution >= 4 is 40.0 Å². The summed E-state index contributed by atoms with van der Waals surface area (Å²) in [7, 11) is -2.61. The monoisotopic (exact) mass is 208 g/mol. The zero-order valence-electron chi connectivity index (χ0n) is 5.91. The van der Waals surface area contributed by atoms with E-state index in [0.29, 0.717) is 0 Å². The minimum Gasteiger partial charge on any atom is -0.870 e. The van der Waals surface area contributed by atoms with Crippen LogP contribution in [0.2, 0.25) is 0 Å². The molecule has 0 aromatic rings. The van der Waals surface area contributed by atoms with Gasteiger partial charge in [-0.1, -0.05) is 0 Å². The fourth-order valence-electron chi connectivity index (χ4n) is 0.372. The molecule has 0 aromatic carbocycles. The first-order valence-electron chi connectivity index (χ1n) is 2.31. The Morgan fingerprint density at radius 3 is 1.00 bits per heavy atom. The van der Waals surface area contributed by atoms with Crippen molar-refractivity contribution in [2.45, 2.75) is 0 Å². The topological polar surface area (TPSA) is 66.9 Å². The minimum absolute atomic E-state index is 0. The molecule has 0 radical (unpaired) electrons. The van der Waals surface area contributed by atoms with E-state index in [2.05, 4.69) is 0 Å². The van der Waals surface area contributed by atoms with Crippen LogP contribution in [0, 0.1) is 0 Å². The summed E-state index contributed by atoms with van der Waals surface area (Å²) in [4.78, 5) is 0. The molecular formula is H9LiO5Si4. The van der Waals surface area contributed by atoms with Gasteiger partial charge >= 0.3 is 18.9 Å². The smallest absolute Gasteiger partial charge is 0.870 e. The van der Waals surface area contributed by atoms with Crippen molar-refractivity contribution in [3.8, 4) is 0 Å². The molecule has 0 atom stereocenters. The van der Waals surface area contributed by atoms with Gasteiger partial charge in [0.15, 0.2) is 0 Å². The molecule has 56 valence electrons. The summed E-state index contributed by atoms with van der Waals surface area (Å²) in [6.45, 7) is 0. The summed E-state index contributed by atoms with van der Waals surface area (Å²) < 4.78 is 20.4. The molecule has 1 saturated heterocycles. The quantitative estimate of drug-likeness (QED) is 0.370. The first kappa shape index (κ1) is 13.8. The van der Waals surface area contributed by atoms with Crippen molar-refractivity contribution < 1.29 is 40.8 Å². The van der Waals surface area contributed by atoms with Crippen LogP contribution in [0.25, 0.3) is 0 Å². The molecule has 5 nitrogen and oxygen atoms in total. The van der Waals surface area contributed by atoms with E-state index >= 15 is 0 Å². The molecule has 1 aliphatic rings. The average molecular weight is 208 g/mol. The molecule has 0 aromatic heterocycles. The number of hydrogen-bond acceptors (Lipinski definition) is 5. The van der Waals surface area contributed by atoms with Crippen molar-refractivity contribution in [3.63, 3.8) is 0 Å². The Kier molecular flexibility index (Phi) is 14.2. The maximum absolute atomic E-state index is 5.10. The first-order chi connectivity index (χ1) is 4.00. The van der Waals surface area contributed by atoms with Gasteiger partial charge in [-0.05, 0) is 0 Å². The molecule has 0 amide bonds. The van der Waals surface area contributed by atoms with Crippen LogP contribution in [-0.4, -0.2) is 45.5 Å². The van der Waals surface area contributed by atoms with Gasteiger partial charge in [0.2, 0.25) is 0 Å². The van der Waals surface area contributed by atoms with Crippen molar-refractivity contribution in [2.75, 3.05) is 0 Å². The van der Waals surface area contributed by atoms with Gasteiger partial charge in [0, 0.05) is 0 Å². The standard InChI is InChI=1S/Li.H8O4Si4.H2O/c;1-5-2-7-4-8-3-6-1;/h;5-8H2;1H2/q+1;;/p-1. The molecule has 1 heterocycles. The second-order valence-corrected chi connectivity index (χ2v) is 8.76. The molecule has 10 heavy (non-hydrogen) atoms. The predicted octanol–water partition coefficient (Wildman–Crippen LogP) is -7.11. The fourth-order valence-corrected chi connectivity index (χ4v) is 7.59. The normalized spacial score (nSPS) is 28.8. The Morgan fingerprint density at radius 1 is 0.600 bits per heavy atom. The summed E-state index contributed by atoms with van der Waals surface area (Å²) in [5, 5.41) is 0. The van der Waals surface area contributed by atoms with Crippen LogP contribution in [0.15, 0.2) is 0 Å². The zero-order chi connectivity index (χ0) is 5.66. The SMILES string of the molecule is O1[SiH2]O[SiH2]O[SiH2]O[SiH2]1.[Li+].[OH-]. The molecule has 0 aliphatic carbocycles. The maximum Gasteiger partial charge on any atom is 1.00 e. The summed E-state index contributed by atoms with van der Waals surface area (Å²) in [6.07, 6.45) is 0. The fraction of sp³-hybridized carbons (Fsp3) is 0. The van der Waals surface area contributed by atoms with Gasteiger partial charge in [0.05, 0.1) is 0 Å². The molecule has 0 saturated carbocycles. The van der Waals surface area contributed by atoms with Gasteiger partial charge in [-0.2, -0.15) is 0 Å². The van der Waals surface area contributed by atoms with Crippen molar-refractivity contribution in [1.29, 1.82) is 0 Å². The second-order valence-electron chi connectivity index (χ2n) is 1.29. The predicted molar refractivity (Wildman–Crippen MR) is 40.5 cm³/mol. The molecule has 1 aliphatic heterocycles. The molecule has 0 bridgehead atoms. The third-order valence-corrected chi connectivity index (χ3v) is 6.00. The third kappa shape index (κ3) is 7.37. The van der Waals surface area contributed by atoms with Gasteiger partial charge < -0.3 is 21.9 Å². The summed E-state index contributed by atoms with van der Waals surface area (Å²) in [6, 6.07) is 0. The zero-order valence-corrected chi connectivity index (χ0v) is 11.6. The van der Waals surface area contributed by atoms with Crippen LogP contribution in [0.1, 0.15) is 0 Å². The molecule has 0 spiro atoms. The largest absolute Gasteiger partial charge is 1.00 e. The Labute approximate surface area is 80.9 Å². The average Bonchev–Trinajstić information content (AvgIpc) is 1.62. The number of hydrogen-bond donors (Lipinski definition) is 0. The van der Waals surface area contributed by atoms with Crippen LogP contribution in [0.4, 0.5) is 0 Å². The Bertz CT molecular complexity index is 37.6. The van der Waals surface area contributed by atoms with Crippen LogP contribution >= 0.6 is 0 Å². The minimum atomic E-state index is -0.653. The van der Waals surface area contributed by atoms with Crippen LogP contribution in [-0.2, 0) is 16.5 Å². The molecular weight excluding hydrogens is 199 g/mol. The van der Waals surface area contributed by atoms with Crippen molar-refractivity contribution in [3.05, 3.63) is 0 Å². The van der Waals surface area contributed by atoms with E-state index in [1.807, 2.05) is 0 Å². The van der Waals surface area contributed by atoms with Crippen LogP contribution < -0.4 is 18.9 Å². The van der Waals surface area contributed by atoms with E-state index in [0.717, 1.165) is 0 Å². The van der Waals surface area contributed by atoms with Crippen molar-refractivity contribution in [1.82, 2.24) is 0 Å². The van der Waals surface area contributed by atoms with Gasteiger partial charge in [0.1, 0.15) is 0 Å². The van der Waals surface area contributed by atoms with E-state index in [9.17, 15) is 0 Å². The molecule has 10 heteroatoms. The summed E-state index contributed by atoms with van der Waals surface area (Å²) >= 11 is 0. The van der Waals surface area contributed by atoms with Gasteiger partial charge in [0.25, 0.3) is 40.0 Å². The van der Waals surface area contributed by atoms with Crippen molar-refractivity contribution in [2.24, 2.45) is 0 Å².